The van der Waals surface area contributed by atoms with Crippen LogP contribution in [-0.2, 0) is 0 Å². The fourth-order valence-electron chi connectivity index (χ4n) is 2.54. The lowest BCUT2D eigenvalue weighted by atomic mass is 9.99. The van der Waals surface area contributed by atoms with Crippen LogP contribution in [0.2, 0.25) is 0 Å². The second-order valence-electron chi connectivity index (χ2n) is 6.08. The highest BCUT2D eigenvalue weighted by Gasteiger charge is 2.27. The molecule has 0 saturated heterocycles. The van der Waals surface area contributed by atoms with Gasteiger partial charge >= 0.3 is 0 Å². The number of rotatable bonds is 7. The number of nitrogens with zero attached hydrogens (tertiary/aromatic N) is 3. The third-order valence-electron chi connectivity index (χ3n) is 4.27. The summed E-state index contributed by atoms with van der Waals surface area (Å²) in [6.45, 7) is 3.99. The number of aromatic nitrogens is 2. The van der Waals surface area contributed by atoms with Crippen molar-refractivity contribution >= 4 is 22.9 Å². The number of carbonyl (C=O) groups is 1. The van der Waals surface area contributed by atoms with Gasteiger partial charge in [-0.25, -0.2) is 0 Å². The lowest BCUT2D eigenvalue weighted by Crippen LogP contribution is -2.32. The van der Waals surface area contributed by atoms with Crippen LogP contribution in [0.15, 0.2) is 46.3 Å². The summed E-state index contributed by atoms with van der Waals surface area (Å²) >= 11 is 1.35. The van der Waals surface area contributed by atoms with E-state index in [0.717, 1.165) is 6.42 Å². The zero-order valence-electron chi connectivity index (χ0n) is 14.8. The Morgan fingerprint density at radius 1 is 1.37 bits per heavy atom. The summed E-state index contributed by atoms with van der Waals surface area (Å²) in [4.78, 5) is 27.9. The first-order chi connectivity index (χ1) is 13.0. The van der Waals surface area contributed by atoms with E-state index in [2.05, 4.69) is 15.5 Å². The Morgan fingerprint density at radius 3 is 2.85 bits per heavy atom. The number of hydrogen-bond donors (Lipinski definition) is 1. The number of nitrogens with one attached hydrogen (secondary N) is 1. The van der Waals surface area contributed by atoms with Crippen LogP contribution in [0.1, 0.15) is 41.9 Å². The molecule has 0 spiro atoms. The van der Waals surface area contributed by atoms with Gasteiger partial charge in [0.15, 0.2) is 0 Å². The first-order valence-corrected chi connectivity index (χ1v) is 9.30. The Balaban J connectivity index is 1.87. The van der Waals surface area contributed by atoms with Crippen LogP contribution in [0.3, 0.4) is 0 Å². The highest BCUT2D eigenvalue weighted by Crippen LogP contribution is 2.27. The molecule has 140 valence electrons. The predicted octanol–water partition coefficient (Wildman–Crippen LogP) is 4.22. The first-order valence-electron chi connectivity index (χ1n) is 8.42. The van der Waals surface area contributed by atoms with Crippen molar-refractivity contribution in [3.05, 3.63) is 62.7 Å². The van der Waals surface area contributed by atoms with Crippen molar-refractivity contribution in [2.75, 3.05) is 0 Å². The standard InChI is InChI=1S/C18H18N4O4S/c1-3-11(2)15(19-17(23)14-8-5-9-27-14)18-20-16(21-26-18)12-6-4-7-13(10-12)22(24)25/h4-11,15H,3H2,1-2H3,(H,19,23)/t11-,15-/m1/s1. The monoisotopic (exact) mass is 386 g/mol. The lowest BCUT2D eigenvalue weighted by molar-refractivity contribution is -0.384. The normalized spacial score (nSPS) is 13.1. The van der Waals surface area contributed by atoms with E-state index >= 15 is 0 Å². The topological polar surface area (TPSA) is 111 Å². The molecule has 27 heavy (non-hydrogen) atoms. The van der Waals surface area contributed by atoms with Crippen LogP contribution in [-0.4, -0.2) is 21.0 Å². The fraction of sp³-hybridized carbons (Fsp3) is 0.278. The van der Waals surface area contributed by atoms with E-state index in [1.807, 2.05) is 25.3 Å². The number of amides is 1. The van der Waals surface area contributed by atoms with Crippen LogP contribution in [0.5, 0.6) is 0 Å². The number of nitro benzene ring substituents is 1. The molecule has 0 aliphatic rings. The number of nitro groups is 1. The highest BCUT2D eigenvalue weighted by molar-refractivity contribution is 7.12. The molecular formula is C18H18N4O4S. The predicted molar refractivity (Wildman–Crippen MR) is 100 cm³/mol. The van der Waals surface area contributed by atoms with Crippen LogP contribution >= 0.6 is 11.3 Å². The van der Waals surface area contributed by atoms with Gasteiger partial charge in [0.1, 0.15) is 6.04 Å². The molecule has 0 aliphatic carbocycles. The second kappa shape index (κ2) is 8.09. The average molecular weight is 386 g/mol. The largest absolute Gasteiger partial charge is 0.339 e. The highest BCUT2D eigenvalue weighted by atomic mass is 32.1. The fourth-order valence-corrected chi connectivity index (χ4v) is 3.17. The van der Waals surface area contributed by atoms with Crippen molar-refractivity contribution in [2.45, 2.75) is 26.3 Å². The Kier molecular flexibility index (Phi) is 5.60. The molecule has 1 amide bonds. The van der Waals surface area contributed by atoms with Gasteiger partial charge in [0.25, 0.3) is 11.6 Å². The van der Waals surface area contributed by atoms with E-state index < -0.39 is 11.0 Å². The van der Waals surface area contributed by atoms with Gasteiger partial charge in [0, 0.05) is 17.7 Å². The number of benzene rings is 1. The average Bonchev–Trinajstić information content (AvgIpc) is 3.37. The van der Waals surface area contributed by atoms with Gasteiger partial charge in [0.05, 0.1) is 9.80 Å². The van der Waals surface area contributed by atoms with Gasteiger partial charge in [-0.1, -0.05) is 43.6 Å². The molecule has 1 aromatic carbocycles. The minimum atomic E-state index is -0.478. The molecule has 3 rings (SSSR count). The molecule has 0 radical (unpaired) electrons. The van der Waals surface area contributed by atoms with Crippen LogP contribution in [0.4, 0.5) is 5.69 Å². The van der Waals surface area contributed by atoms with Gasteiger partial charge in [0.2, 0.25) is 11.7 Å². The van der Waals surface area contributed by atoms with E-state index in [9.17, 15) is 14.9 Å². The molecule has 2 aromatic heterocycles. The smallest absolute Gasteiger partial charge is 0.270 e. The van der Waals surface area contributed by atoms with Crippen LogP contribution in [0, 0.1) is 16.0 Å². The Hall–Kier alpha value is -3.07. The van der Waals surface area contributed by atoms with Crippen LogP contribution < -0.4 is 5.32 Å². The number of carbonyl (C=O) groups excluding carboxylic acids is 1. The molecule has 0 unspecified atom stereocenters. The summed E-state index contributed by atoms with van der Waals surface area (Å²) in [7, 11) is 0. The van der Waals surface area contributed by atoms with E-state index in [0.29, 0.717) is 10.4 Å². The molecule has 1 N–H and O–H groups in total. The number of hydrogen-bond acceptors (Lipinski definition) is 7. The molecule has 0 fully saturated rings. The maximum Gasteiger partial charge on any atom is 0.270 e. The van der Waals surface area contributed by atoms with Gasteiger partial charge in [-0.05, 0) is 17.4 Å². The van der Waals surface area contributed by atoms with Gasteiger partial charge in [-0.2, -0.15) is 4.98 Å². The third-order valence-corrected chi connectivity index (χ3v) is 5.14. The van der Waals surface area contributed by atoms with Crippen molar-refractivity contribution in [3.8, 4) is 11.4 Å². The summed E-state index contributed by atoms with van der Waals surface area (Å²) < 4.78 is 5.38. The second-order valence-corrected chi connectivity index (χ2v) is 7.03. The zero-order valence-corrected chi connectivity index (χ0v) is 15.6. The maximum absolute atomic E-state index is 12.4. The molecule has 2 atom stereocenters. The van der Waals surface area contributed by atoms with E-state index in [4.69, 9.17) is 4.52 Å². The van der Waals surface area contributed by atoms with Crippen molar-refractivity contribution in [2.24, 2.45) is 5.92 Å². The summed E-state index contributed by atoms with van der Waals surface area (Å²) in [5, 5.41) is 19.7. The first kappa shape index (κ1) is 18.7. The number of thiophene rings is 1. The minimum absolute atomic E-state index is 0.0525. The van der Waals surface area contributed by atoms with Gasteiger partial charge in [-0.15, -0.1) is 11.3 Å². The van der Waals surface area contributed by atoms with E-state index in [1.165, 1.54) is 23.5 Å². The minimum Gasteiger partial charge on any atom is -0.339 e. The molecule has 8 nitrogen and oxygen atoms in total. The molecule has 0 bridgehead atoms. The maximum atomic E-state index is 12.4. The van der Waals surface area contributed by atoms with Gasteiger partial charge < -0.3 is 9.84 Å². The number of non-ortho nitro benzene ring substituents is 1. The molecule has 3 aromatic rings. The van der Waals surface area contributed by atoms with Crippen molar-refractivity contribution in [3.63, 3.8) is 0 Å². The van der Waals surface area contributed by atoms with E-state index in [1.54, 1.807) is 18.2 Å². The summed E-state index contributed by atoms with van der Waals surface area (Å²) in [6.07, 6.45) is 0.796. The Labute approximate surface area is 159 Å². The van der Waals surface area contributed by atoms with Crippen molar-refractivity contribution in [1.29, 1.82) is 0 Å². The van der Waals surface area contributed by atoms with Gasteiger partial charge in [-0.3, -0.25) is 14.9 Å². The van der Waals surface area contributed by atoms with Crippen LogP contribution in [0.25, 0.3) is 11.4 Å². The SMILES string of the molecule is CC[C@@H](C)[C@@H](NC(=O)c1cccs1)c1nc(-c2cccc([N+](=O)[O-])c2)no1. The quantitative estimate of drug-likeness (QED) is 0.480. The van der Waals surface area contributed by atoms with Crippen molar-refractivity contribution < 1.29 is 14.2 Å². The zero-order chi connectivity index (χ0) is 19.4. The van der Waals surface area contributed by atoms with E-state index in [-0.39, 0.29) is 29.2 Å². The molecule has 0 aliphatic heterocycles. The summed E-state index contributed by atoms with van der Waals surface area (Å²) in [6, 6.07) is 9.12. The third kappa shape index (κ3) is 4.20. The molecule has 9 heteroatoms. The Bertz CT molecular complexity index is 939. The van der Waals surface area contributed by atoms with Crippen molar-refractivity contribution in [1.82, 2.24) is 15.5 Å². The molecular weight excluding hydrogens is 368 g/mol. The summed E-state index contributed by atoms with van der Waals surface area (Å²) in [5.74, 6) is 0.376. The Morgan fingerprint density at radius 2 is 2.19 bits per heavy atom. The molecule has 0 saturated carbocycles. The lowest BCUT2D eigenvalue weighted by Gasteiger charge is -2.20. The molecule has 2 heterocycles. The summed E-state index contributed by atoms with van der Waals surface area (Å²) in [5.41, 5.74) is 0.426.